The van der Waals surface area contributed by atoms with Crippen molar-refractivity contribution in [3.8, 4) is 6.07 Å². The molecule has 1 aromatic heterocycles. The molecule has 0 aliphatic heterocycles. The molecule has 0 atom stereocenters. The Labute approximate surface area is 104 Å². The van der Waals surface area contributed by atoms with E-state index < -0.39 is 24.4 Å². The monoisotopic (exact) mass is 304 g/mol. The summed E-state index contributed by atoms with van der Waals surface area (Å²) in [5.41, 5.74) is -0.717. The van der Waals surface area contributed by atoms with E-state index in [1.807, 2.05) is 0 Å². The fourth-order valence-electron chi connectivity index (χ4n) is 1.41. The molecule has 1 aromatic rings. The van der Waals surface area contributed by atoms with E-state index in [1.54, 1.807) is 6.07 Å². The number of carboxylic acid groups (broad SMARTS) is 1. The van der Waals surface area contributed by atoms with Crippen LogP contribution < -0.4 is 0 Å². The normalized spacial score (nSPS) is 10.3. The van der Waals surface area contributed by atoms with Gasteiger partial charge in [0.2, 0.25) is 0 Å². The van der Waals surface area contributed by atoms with E-state index in [4.69, 9.17) is 10.4 Å². The molecule has 1 rings (SSSR count). The maximum atomic E-state index is 12.9. The smallest absolute Gasteiger partial charge is 0.307 e. The fourth-order valence-corrected chi connectivity index (χ4v) is 1.89. The first-order chi connectivity index (χ1) is 8.01. The standard InChI is InChI=1S/C10H7BrF2N2O2/c11-2-7-6(1-8(16)17)9(10(12)13)5(3-14)4-15-7/h4,10H,1-2H2,(H,16,17). The van der Waals surface area contributed by atoms with Gasteiger partial charge in [-0.3, -0.25) is 9.78 Å². The topological polar surface area (TPSA) is 74.0 Å². The fraction of sp³-hybridized carbons (Fsp3) is 0.300. The lowest BCUT2D eigenvalue weighted by atomic mass is 10.00. The molecule has 17 heavy (non-hydrogen) atoms. The van der Waals surface area contributed by atoms with Crippen LogP contribution in [0.2, 0.25) is 0 Å². The molecule has 0 fully saturated rings. The molecule has 1 heterocycles. The molecular formula is C10H7BrF2N2O2. The summed E-state index contributed by atoms with van der Waals surface area (Å²) in [4.78, 5) is 14.4. The highest BCUT2D eigenvalue weighted by molar-refractivity contribution is 9.08. The van der Waals surface area contributed by atoms with Crippen LogP contribution in [0.3, 0.4) is 0 Å². The number of alkyl halides is 3. The number of pyridine rings is 1. The maximum Gasteiger partial charge on any atom is 0.307 e. The van der Waals surface area contributed by atoms with Crippen LogP contribution in [-0.4, -0.2) is 16.1 Å². The zero-order chi connectivity index (χ0) is 13.0. The molecule has 0 aliphatic rings. The van der Waals surface area contributed by atoms with Gasteiger partial charge in [-0.2, -0.15) is 5.26 Å². The van der Waals surface area contributed by atoms with Crippen LogP contribution in [0.5, 0.6) is 0 Å². The van der Waals surface area contributed by atoms with Crippen LogP contribution in [0.1, 0.15) is 28.8 Å². The quantitative estimate of drug-likeness (QED) is 0.867. The minimum Gasteiger partial charge on any atom is -0.481 e. The second-order valence-electron chi connectivity index (χ2n) is 3.13. The summed E-state index contributed by atoms with van der Waals surface area (Å²) in [5.74, 6) is -1.24. The van der Waals surface area contributed by atoms with Crippen LogP contribution >= 0.6 is 15.9 Å². The number of halogens is 3. The second-order valence-corrected chi connectivity index (χ2v) is 3.69. The Hall–Kier alpha value is -1.55. The SMILES string of the molecule is N#Cc1cnc(CBr)c(CC(=O)O)c1C(F)F. The first kappa shape index (κ1) is 13.5. The average molecular weight is 305 g/mol. The van der Waals surface area contributed by atoms with Crippen LogP contribution in [0.4, 0.5) is 8.78 Å². The third-order valence-corrected chi connectivity index (χ3v) is 2.64. The highest BCUT2D eigenvalue weighted by Crippen LogP contribution is 2.29. The lowest BCUT2D eigenvalue weighted by molar-refractivity contribution is -0.136. The third kappa shape index (κ3) is 2.97. The molecule has 0 amide bonds. The minimum absolute atomic E-state index is 0.0941. The Morgan fingerprint density at radius 2 is 2.29 bits per heavy atom. The number of nitrogens with zero attached hydrogens (tertiary/aromatic N) is 2. The van der Waals surface area contributed by atoms with Gasteiger partial charge in [-0.25, -0.2) is 8.78 Å². The number of aliphatic carboxylic acids is 1. The summed E-state index contributed by atoms with van der Waals surface area (Å²) in [7, 11) is 0. The molecule has 0 unspecified atom stereocenters. The van der Waals surface area contributed by atoms with Gasteiger partial charge in [0.05, 0.1) is 17.7 Å². The predicted molar refractivity (Wildman–Crippen MR) is 57.9 cm³/mol. The molecule has 7 heteroatoms. The number of carboxylic acids is 1. The van der Waals surface area contributed by atoms with Gasteiger partial charge >= 0.3 is 5.97 Å². The molecule has 0 saturated heterocycles. The van der Waals surface area contributed by atoms with E-state index in [2.05, 4.69) is 20.9 Å². The Morgan fingerprint density at radius 3 is 2.71 bits per heavy atom. The van der Waals surface area contributed by atoms with Crippen molar-refractivity contribution in [2.24, 2.45) is 0 Å². The maximum absolute atomic E-state index is 12.9. The molecule has 4 nitrogen and oxygen atoms in total. The summed E-state index contributed by atoms with van der Waals surface area (Å²) in [5, 5.41) is 17.5. The highest BCUT2D eigenvalue weighted by atomic mass is 79.9. The Morgan fingerprint density at radius 1 is 1.65 bits per heavy atom. The van der Waals surface area contributed by atoms with E-state index in [1.165, 1.54) is 0 Å². The Bertz CT molecular complexity index is 486. The van der Waals surface area contributed by atoms with Crippen LogP contribution in [0, 0.1) is 11.3 Å². The number of nitriles is 1. The third-order valence-electron chi connectivity index (χ3n) is 2.11. The van der Waals surface area contributed by atoms with Gasteiger partial charge in [0.1, 0.15) is 6.07 Å². The molecule has 90 valence electrons. The summed E-state index contributed by atoms with van der Waals surface area (Å²) < 4.78 is 25.7. The summed E-state index contributed by atoms with van der Waals surface area (Å²) >= 11 is 3.04. The first-order valence-corrected chi connectivity index (χ1v) is 5.60. The van der Waals surface area contributed by atoms with Crippen molar-refractivity contribution >= 4 is 21.9 Å². The number of hydrogen-bond acceptors (Lipinski definition) is 3. The lowest BCUT2D eigenvalue weighted by Gasteiger charge is -2.12. The molecule has 0 saturated carbocycles. The van der Waals surface area contributed by atoms with E-state index in [9.17, 15) is 13.6 Å². The van der Waals surface area contributed by atoms with Crippen molar-refractivity contribution in [3.05, 3.63) is 28.6 Å². The van der Waals surface area contributed by atoms with Gasteiger partial charge in [0.15, 0.2) is 0 Å². The van der Waals surface area contributed by atoms with Gasteiger partial charge < -0.3 is 5.11 Å². The van der Waals surface area contributed by atoms with E-state index in [-0.39, 0.29) is 22.2 Å². The number of rotatable bonds is 4. The molecule has 0 aliphatic carbocycles. The molecule has 0 bridgehead atoms. The van der Waals surface area contributed by atoms with Crippen LogP contribution in [0.25, 0.3) is 0 Å². The Balaban J connectivity index is 3.47. The largest absolute Gasteiger partial charge is 0.481 e. The van der Waals surface area contributed by atoms with Gasteiger partial charge in [0.25, 0.3) is 6.43 Å². The number of hydrogen-bond donors (Lipinski definition) is 1. The van der Waals surface area contributed by atoms with E-state index in [0.717, 1.165) is 6.20 Å². The zero-order valence-electron chi connectivity index (χ0n) is 8.45. The number of carbonyl (C=O) groups is 1. The van der Waals surface area contributed by atoms with Crippen molar-refractivity contribution < 1.29 is 18.7 Å². The van der Waals surface area contributed by atoms with Gasteiger partial charge in [-0.1, -0.05) is 15.9 Å². The molecule has 1 N–H and O–H groups in total. The molecular weight excluding hydrogens is 298 g/mol. The van der Waals surface area contributed by atoms with E-state index in [0.29, 0.717) is 0 Å². The van der Waals surface area contributed by atoms with Crippen molar-refractivity contribution in [3.63, 3.8) is 0 Å². The Kier molecular flexibility index (Phi) is 4.52. The van der Waals surface area contributed by atoms with Crippen molar-refractivity contribution in [2.45, 2.75) is 18.2 Å². The minimum atomic E-state index is -2.90. The van der Waals surface area contributed by atoms with Crippen LogP contribution in [0.15, 0.2) is 6.20 Å². The summed E-state index contributed by atoms with van der Waals surface area (Å²) in [6.45, 7) is 0. The van der Waals surface area contributed by atoms with Gasteiger partial charge in [-0.05, 0) is 5.56 Å². The van der Waals surface area contributed by atoms with E-state index >= 15 is 0 Å². The summed E-state index contributed by atoms with van der Waals surface area (Å²) in [6, 6.07) is 1.59. The van der Waals surface area contributed by atoms with Crippen molar-refractivity contribution in [2.75, 3.05) is 0 Å². The van der Waals surface area contributed by atoms with Crippen molar-refractivity contribution in [1.82, 2.24) is 4.98 Å². The van der Waals surface area contributed by atoms with Crippen molar-refractivity contribution in [1.29, 1.82) is 5.26 Å². The molecule has 0 spiro atoms. The molecule has 0 radical (unpaired) electrons. The first-order valence-electron chi connectivity index (χ1n) is 4.47. The number of aromatic nitrogens is 1. The second kappa shape index (κ2) is 5.68. The van der Waals surface area contributed by atoms with Gasteiger partial charge in [0, 0.05) is 17.1 Å². The zero-order valence-corrected chi connectivity index (χ0v) is 10.0. The highest BCUT2D eigenvalue weighted by Gasteiger charge is 2.23. The predicted octanol–water partition coefficient (Wildman–Crippen LogP) is 2.41. The summed E-state index contributed by atoms with van der Waals surface area (Å²) in [6.07, 6.45) is -2.45. The average Bonchev–Trinajstić information content (AvgIpc) is 2.27. The van der Waals surface area contributed by atoms with Crippen LogP contribution in [-0.2, 0) is 16.5 Å². The lowest BCUT2D eigenvalue weighted by Crippen LogP contribution is -2.10. The molecule has 0 aromatic carbocycles. The van der Waals surface area contributed by atoms with Gasteiger partial charge in [-0.15, -0.1) is 0 Å².